The van der Waals surface area contributed by atoms with Crippen molar-refractivity contribution in [3.8, 4) is 5.75 Å². The van der Waals surface area contributed by atoms with Gasteiger partial charge in [-0.3, -0.25) is 9.59 Å². The van der Waals surface area contributed by atoms with Crippen molar-refractivity contribution >= 4 is 27.8 Å². The Bertz CT molecular complexity index is 558. The van der Waals surface area contributed by atoms with Crippen LogP contribution in [0.5, 0.6) is 5.75 Å². The zero-order chi connectivity index (χ0) is 16.1. The number of carbonyl (C=O) groups excluding carboxylic acids is 1. The predicted octanol–water partition coefficient (Wildman–Crippen LogP) is 2.73. The number of carboxylic acid groups (broad SMARTS) is 1. The molecule has 5 nitrogen and oxygen atoms in total. The third kappa shape index (κ3) is 4.69. The van der Waals surface area contributed by atoms with Crippen LogP contribution in [0, 0.1) is 11.7 Å². The van der Waals surface area contributed by atoms with Crippen LogP contribution in [0.2, 0.25) is 0 Å². The van der Waals surface area contributed by atoms with Crippen molar-refractivity contribution in [1.82, 2.24) is 5.32 Å². The van der Waals surface area contributed by atoms with Gasteiger partial charge in [-0.2, -0.15) is 0 Å². The van der Waals surface area contributed by atoms with Gasteiger partial charge in [-0.1, -0.05) is 0 Å². The minimum Gasteiger partial charge on any atom is -0.483 e. The van der Waals surface area contributed by atoms with Crippen molar-refractivity contribution in [3.05, 3.63) is 28.5 Å². The third-order valence-corrected chi connectivity index (χ3v) is 4.31. The van der Waals surface area contributed by atoms with Crippen molar-refractivity contribution in [2.75, 3.05) is 6.61 Å². The maximum atomic E-state index is 12.9. The molecule has 0 spiro atoms. The van der Waals surface area contributed by atoms with Gasteiger partial charge in [0.05, 0.1) is 10.4 Å². The Morgan fingerprint density at radius 1 is 1.32 bits per heavy atom. The molecule has 0 saturated heterocycles. The van der Waals surface area contributed by atoms with E-state index in [0.717, 1.165) is 0 Å². The Morgan fingerprint density at radius 2 is 2.00 bits per heavy atom. The summed E-state index contributed by atoms with van der Waals surface area (Å²) < 4.78 is 18.7. The standard InChI is InChI=1S/C15H17BrFNO4/c16-12-7-10(17)3-6-13(12)22-8-14(19)18-11-4-1-9(2-5-11)15(20)21/h3,6-7,9,11H,1-2,4-5,8H2,(H,18,19)(H,20,21). The largest absolute Gasteiger partial charge is 0.483 e. The molecular formula is C15H17BrFNO4. The van der Waals surface area contributed by atoms with E-state index in [2.05, 4.69) is 21.2 Å². The molecule has 0 bridgehead atoms. The molecule has 0 atom stereocenters. The molecule has 0 radical (unpaired) electrons. The smallest absolute Gasteiger partial charge is 0.306 e. The predicted molar refractivity (Wildman–Crippen MR) is 81.1 cm³/mol. The molecule has 1 fully saturated rings. The summed E-state index contributed by atoms with van der Waals surface area (Å²) in [6.45, 7) is -0.164. The molecule has 1 aromatic carbocycles. The van der Waals surface area contributed by atoms with E-state index in [0.29, 0.717) is 35.9 Å². The number of halogens is 2. The van der Waals surface area contributed by atoms with Crippen LogP contribution in [0.15, 0.2) is 22.7 Å². The third-order valence-electron chi connectivity index (χ3n) is 3.69. The summed E-state index contributed by atoms with van der Waals surface area (Å²) >= 11 is 3.16. The second-order valence-electron chi connectivity index (χ2n) is 5.32. The Hall–Kier alpha value is -1.63. The van der Waals surface area contributed by atoms with E-state index in [4.69, 9.17) is 9.84 Å². The first-order chi connectivity index (χ1) is 10.5. The van der Waals surface area contributed by atoms with Crippen molar-refractivity contribution in [2.45, 2.75) is 31.7 Å². The lowest BCUT2D eigenvalue weighted by atomic mass is 9.86. The van der Waals surface area contributed by atoms with Gasteiger partial charge in [-0.15, -0.1) is 0 Å². The molecule has 0 unspecified atom stereocenters. The fraction of sp³-hybridized carbons (Fsp3) is 0.467. The average Bonchev–Trinajstić information content (AvgIpc) is 2.47. The molecule has 0 aliphatic heterocycles. The number of carbonyl (C=O) groups is 2. The first-order valence-corrected chi connectivity index (χ1v) is 7.85. The number of hydrogen-bond donors (Lipinski definition) is 2. The highest BCUT2D eigenvalue weighted by atomic mass is 79.9. The number of hydrogen-bond acceptors (Lipinski definition) is 3. The van der Waals surface area contributed by atoms with Gasteiger partial charge in [0.15, 0.2) is 6.61 Å². The summed E-state index contributed by atoms with van der Waals surface area (Å²) in [7, 11) is 0. The molecular weight excluding hydrogens is 357 g/mol. The van der Waals surface area contributed by atoms with Crippen molar-refractivity contribution in [1.29, 1.82) is 0 Å². The van der Waals surface area contributed by atoms with Crippen molar-refractivity contribution in [3.63, 3.8) is 0 Å². The molecule has 120 valence electrons. The van der Waals surface area contributed by atoms with Gasteiger partial charge >= 0.3 is 5.97 Å². The number of rotatable bonds is 5. The van der Waals surface area contributed by atoms with Gasteiger partial charge < -0.3 is 15.2 Å². The molecule has 0 heterocycles. The minimum atomic E-state index is -0.769. The Morgan fingerprint density at radius 3 is 2.59 bits per heavy atom. The SMILES string of the molecule is O=C(COc1ccc(F)cc1Br)NC1CCC(C(=O)O)CC1. The molecule has 1 aromatic rings. The summed E-state index contributed by atoms with van der Waals surface area (Å²) in [5.41, 5.74) is 0. The molecule has 7 heteroatoms. The molecule has 22 heavy (non-hydrogen) atoms. The highest BCUT2D eigenvalue weighted by Crippen LogP contribution is 2.26. The number of carboxylic acids is 1. The Kier molecular flexibility index (Phi) is 5.76. The van der Waals surface area contributed by atoms with E-state index in [9.17, 15) is 14.0 Å². The highest BCUT2D eigenvalue weighted by Gasteiger charge is 2.26. The molecule has 0 aromatic heterocycles. The molecule has 2 N–H and O–H groups in total. The van der Waals surface area contributed by atoms with Crippen LogP contribution in [0.3, 0.4) is 0 Å². The molecule has 2 rings (SSSR count). The van der Waals surface area contributed by atoms with Crippen LogP contribution in [0.25, 0.3) is 0 Å². The summed E-state index contributed by atoms with van der Waals surface area (Å²) in [5.74, 6) is -1.34. The van der Waals surface area contributed by atoms with Crippen LogP contribution in [-0.2, 0) is 9.59 Å². The summed E-state index contributed by atoms with van der Waals surface area (Å²) in [6.07, 6.45) is 2.46. The summed E-state index contributed by atoms with van der Waals surface area (Å²) in [6, 6.07) is 3.96. The van der Waals surface area contributed by atoms with Crippen LogP contribution in [0.4, 0.5) is 4.39 Å². The summed E-state index contributed by atoms with van der Waals surface area (Å²) in [4.78, 5) is 22.7. The monoisotopic (exact) mass is 373 g/mol. The Labute approximate surface area is 136 Å². The minimum absolute atomic E-state index is 0.0108. The van der Waals surface area contributed by atoms with E-state index in [1.165, 1.54) is 18.2 Å². The van der Waals surface area contributed by atoms with Gasteiger partial charge in [0.2, 0.25) is 0 Å². The number of ether oxygens (including phenoxy) is 1. The fourth-order valence-electron chi connectivity index (χ4n) is 2.49. The Balaban J connectivity index is 1.75. The van der Waals surface area contributed by atoms with E-state index in [1.807, 2.05) is 0 Å². The van der Waals surface area contributed by atoms with E-state index in [1.54, 1.807) is 0 Å². The highest BCUT2D eigenvalue weighted by molar-refractivity contribution is 9.10. The fourth-order valence-corrected chi connectivity index (χ4v) is 2.95. The second kappa shape index (κ2) is 7.58. The maximum absolute atomic E-state index is 12.9. The first kappa shape index (κ1) is 16.7. The number of amides is 1. The normalized spacial score (nSPS) is 21.2. The van der Waals surface area contributed by atoms with Crippen LogP contribution in [-0.4, -0.2) is 29.6 Å². The van der Waals surface area contributed by atoms with Crippen LogP contribution in [0.1, 0.15) is 25.7 Å². The summed E-state index contributed by atoms with van der Waals surface area (Å²) in [5, 5.41) is 11.8. The molecule has 1 aliphatic carbocycles. The quantitative estimate of drug-likeness (QED) is 0.831. The van der Waals surface area contributed by atoms with Gasteiger partial charge in [-0.05, 0) is 59.8 Å². The lowest BCUT2D eigenvalue weighted by molar-refractivity contribution is -0.142. The van der Waals surface area contributed by atoms with Crippen LogP contribution >= 0.6 is 15.9 Å². The molecule has 1 saturated carbocycles. The van der Waals surface area contributed by atoms with Gasteiger partial charge in [-0.25, -0.2) is 4.39 Å². The van der Waals surface area contributed by atoms with Crippen LogP contribution < -0.4 is 10.1 Å². The zero-order valence-electron chi connectivity index (χ0n) is 11.9. The van der Waals surface area contributed by atoms with Crippen molar-refractivity contribution in [2.24, 2.45) is 5.92 Å². The second-order valence-corrected chi connectivity index (χ2v) is 6.17. The van der Waals surface area contributed by atoms with Crippen molar-refractivity contribution < 1.29 is 23.8 Å². The van der Waals surface area contributed by atoms with E-state index < -0.39 is 5.97 Å². The zero-order valence-corrected chi connectivity index (χ0v) is 13.4. The topological polar surface area (TPSA) is 75.6 Å². The van der Waals surface area contributed by atoms with Gasteiger partial charge in [0.1, 0.15) is 11.6 Å². The first-order valence-electron chi connectivity index (χ1n) is 7.05. The number of aliphatic carboxylic acids is 1. The number of nitrogens with one attached hydrogen (secondary N) is 1. The van der Waals surface area contributed by atoms with E-state index >= 15 is 0 Å². The van der Waals surface area contributed by atoms with Gasteiger partial charge in [0, 0.05) is 6.04 Å². The maximum Gasteiger partial charge on any atom is 0.306 e. The molecule has 1 amide bonds. The number of benzene rings is 1. The van der Waals surface area contributed by atoms with Gasteiger partial charge in [0.25, 0.3) is 5.91 Å². The lowest BCUT2D eigenvalue weighted by Crippen LogP contribution is -2.40. The van der Waals surface area contributed by atoms with E-state index in [-0.39, 0.29) is 30.3 Å². The molecule has 1 aliphatic rings. The average molecular weight is 374 g/mol. The lowest BCUT2D eigenvalue weighted by Gasteiger charge is -2.26.